The Labute approximate surface area is 109 Å². The van der Waals surface area contributed by atoms with E-state index in [1.165, 1.54) is 6.07 Å². The smallest absolute Gasteiger partial charge is 0.352 e. The monoisotopic (exact) mass is 266 g/mol. The molecule has 0 spiro atoms. The van der Waals surface area contributed by atoms with Crippen LogP contribution in [-0.2, 0) is 14.4 Å². The Morgan fingerprint density at radius 2 is 2.00 bits per heavy atom. The predicted octanol–water partition coefficient (Wildman–Crippen LogP) is 1.46. The lowest BCUT2D eigenvalue weighted by Gasteiger charge is -2.07. The van der Waals surface area contributed by atoms with Crippen molar-refractivity contribution in [3.63, 3.8) is 0 Å². The van der Waals surface area contributed by atoms with E-state index >= 15 is 0 Å². The summed E-state index contributed by atoms with van der Waals surface area (Å²) < 4.78 is 4.83. The van der Waals surface area contributed by atoms with Crippen LogP contribution in [0.5, 0.6) is 0 Å². The average Bonchev–Trinajstić information content (AvgIpc) is 2.37. The molecular weight excluding hydrogens is 252 g/mol. The van der Waals surface area contributed by atoms with Crippen LogP contribution in [0.2, 0.25) is 0 Å². The second kappa shape index (κ2) is 7.00. The molecule has 0 radical (unpaired) electrons. The number of hydroxylamine groups is 1. The Balaban J connectivity index is 2.64. The number of amides is 2. The van der Waals surface area contributed by atoms with Crippen molar-refractivity contribution in [2.75, 3.05) is 11.9 Å². The van der Waals surface area contributed by atoms with Crippen molar-refractivity contribution in [1.82, 2.24) is 5.48 Å². The Hall–Kier alpha value is -2.57. The first-order chi connectivity index (χ1) is 9.02. The fraction of sp³-hybridized carbons (Fsp3) is 0.250. The van der Waals surface area contributed by atoms with Crippen LogP contribution in [0.3, 0.4) is 0 Å². The molecule has 0 fully saturated rings. The number of hydrogen-bond donors (Lipinski definition) is 2. The lowest BCUT2D eigenvalue weighted by Crippen LogP contribution is -2.30. The SMILES string of the molecule is CCOC(=O)c1cccc(NC(=O)NOC(C)=O)c1. The summed E-state index contributed by atoms with van der Waals surface area (Å²) in [4.78, 5) is 37.6. The molecule has 0 aromatic heterocycles. The summed E-state index contributed by atoms with van der Waals surface area (Å²) in [5.74, 6) is -1.12. The minimum absolute atomic E-state index is 0.267. The first kappa shape index (κ1) is 14.5. The number of carbonyl (C=O) groups excluding carboxylic acids is 3. The largest absolute Gasteiger partial charge is 0.462 e. The normalized spacial score (nSPS) is 9.37. The molecule has 1 aromatic carbocycles. The van der Waals surface area contributed by atoms with Gasteiger partial charge in [-0.1, -0.05) is 6.07 Å². The number of benzene rings is 1. The highest BCUT2D eigenvalue weighted by Crippen LogP contribution is 2.11. The van der Waals surface area contributed by atoms with Crippen LogP contribution in [0.15, 0.2) is 24.3 Å². The Morgan fingerprint density at radius 1 is 1.26 bits per heavy atom. The Bertz CT molecular complexity index is 487. The zero-order valence-electron chi connectivity index (χ0n) is 10.6. The average molecular weight is 266 g/mol. The van der Waals surface area contributed by atoms with E-state index in [2.05, 4.69) is 10.2 Å². The molecule has 2 N–H and O–H groups in total. The van der Waals surface area contributed by atoms with Gasteiger partial charge in [0.05, 0.1) is 12.2 Å². The highest BCUT2D eigenvalue weighted by atomic mass is 16.7. The van der Waals surface area contributed by atoms with Gasteiger partial charge in [-0.25, -0.2) is 9.59 Å². The van der Waals surface area contributed by atoms with Crippen molar-refractivity contribution in [1.29, 1.82) is 0 Å². The third-order valence-corrected chi connectivity index (χ3v) is 1.92. The van der Waals surface area contributed by atoms with E-state index < -0.39 is 18.0 Å². The van der Waals surface area contributed by atoms with Crippen LogP contribution in [0.1, 0.15) is 24.2 Å². The lowest BCUT2D eigenvalue weighted by molar-refractivity contribution is -0.145. The second-order valence-corrected chi connectivity index (χ2v) is 3.45. The molecule has 1 aromatic rings. The van der Waals surface area contributed by atoms with Crippen LogP contribution in [0.25, 0.3) is 0 Å². The van der Waals surface area contributed by atoms with Gasteiger partial charge in [-0.2, -0.15) is 5.48 Å². The second-order valence-electron chi connectivity index (χ2n) is 3.45. The zero-order chi connectivity index (χ0) is 14.3. The van der Waals surface area contributed by atoms with Crippen molar-refractivity contribution >= 4 is 23.7 Å². The highest BCUT2D eigenvalue weighted by molar-refractivity contribution is 5.93. The molecule has 0 atom stereocenters. The lowest BCUT2D eigenvalue weighted by atomic mass is 10.2. The van der Waals surface area contributed by atoms with Crippen LogP contribution in [0.4, 0.5) is 10.5 Å². The minimum atomic E-state index is -0.726. The van der Waals surface area contributed by atoms with Gasteiger partial charge in [0, 0.05) is 12.6 Å². The summed E-state index contributed by atoms with van der Waals surface area (Å²) in [5.41, 5.74) is 2.57. The fourth-order valence-corrected chi connectivity index (χ4v) is 1.21. The molecule has 19 heavy (non-hydrogen) atoms. The van der Waals surface area contributed by atoms with E-state index in [0.717, 1.165) is 6.92 Å². The molecule has 2 amide bonds. The van der Waals surface area contributed by atoms with E-state index in [1.807, 2.05) is 5.48 Å². The van der Waals surface area contributed by atoms with Crippen molar-refractivity contribution in [3.8, 4) is 0 Å². The number of urea groups is 1. The number of rotatable bonds is 3. The van der Waals surface area contributed by atoms with Crippen molar-refractivity contribution < 1.29 is 24.0 Å². The quantitative estimate of drug-likeness (QED) is 0.638. The van der Waals surface area contributed by atoms with E-state index in [-0.39, 0.29) is 6.61 Å². The molecule has 1 rings (SSSR count). The summed E-state index contributed by atoms with van der Waals surface area (Å²) in [6.45, 7) is 3.12. The van der Waals surface area contributed by atoms with Crippen LogP contribution in [0, 0.1) is 0 Å². The molecule has 0 aliphatic heterocycles. The van der Waals surface area contributed by atoms with E-state index in [1.54, 1.807) is 25.1 Å². The van der Waals surface area contributed by atoms with E-state index in [0.29, 0.717) is 11.3 Å². The minimum Gasteiger partial charge on any atom is -0.462 e. The molecule has 7 heteroatoms. The van der Waals surface area contributed by atoms with Gasteiger partial charge in [-0.05, 0) is 25.1 Å². The van der Waals surface area contributed by atoms with Crippen molar-refractivity contribution in [2.45, 2.75) is 13.8 Å². The summed E-state index contributed by atoms with van der Waals surface area (Å²) in [6, 6.07) is 5.46. The number of anilines is 1. The van der Waals surface area contributed by atoms with Crippen LogP contribution >= 0.6 is 0 Å². The van der Waals surface area contributed by atoms with E-state index in [9.17, 15) is 14.4 Å². The Morgan fingerprint density at radius 3 is 2.63 bits per heavy atom. The van der Waals surface area contributed by atoms with Gasteiger partial charge in [0.2, 0.25) is 0 Å². The van der Waals surface area contributed by atoms with Gasteiger partial charge in [-0.3, -0.25) is 4.79 Å². The molecular formula is C12H14N2O5. The standard InChI is InChI=1S/C12H14N2O5/c1-3-18-11(16)9-5-4-6-10(7-9)13-12(17)14-19-8(2)15/h4-7H,3H2,1-2H3,(H2,13,14,17). The van der Waals surface area contributed by atoms with Crippen LogP contribution < -0.4 is 10.8 Å². The molecule has 0 aliphatic rings. The maximum absolute atomic E-state index is 11.5. The predicted molar refractivity (Wildman–Crippen MR) is 66.3 cm³/mol. The molecule has 0 saturated heterocycles. The third kappa shape index (κ3) is 5.07. The number of nitrogens with one attached hydrogen (secondary N) is 2. The number of ether oxygens (including phenoxy) is 1. The van der Waals surface area contributed by atoms with Gasteiger partial charge < -0.3 is 14.9 Å². The summed E-state index contributed by atoms with van der Waals surface area (Å²) in [7, 11) is 0. The topological polar surface area (TPSA) is 93.7 Å². The van der Waals surface area contributed by atoms with Gasteiger partial charge >= 0.3 is 18.0 Å². The third-order valence-electron chi connectivity index (χ3n) is 1.92. The first-order valence-electron chi connectivity index (χ1n) is 5.54. The molecule has 0 bridgehead atoms. The van der Waals surface area contributed by atoms with E-state index in [4.69, 9.17) is 4.74 Å². The number of hydrogen-bond acceptors (Lipinski definition) is 5. The van der Waals surface area contributed by atoms with Gasteiger partial charge in [0.15, 0.2) is 0 Å². The van der Waals surface area contributed by atoms with Gasteiger partial charge in [0.25, 0.3) is 0 Å². The Kier molecular flexibility index (Phi) is 5.34. The summed E-state index contributed by atoms with van der Waals surface area (Å²) >= 11 is 0. The molecule has 7 nitrogen and oxygen atoms in total. The maximum Gasteiger partial charge on any atom is 0.352 e. The number of carbonyl (C=O) groups is 3. The zero-order valence-corrected chi connectivity index (χ0v) is 10.6. The molecule has 102 valence electrons. The number of esters is 1. The first-order valence-corrected chi connectivity index (χ1v) is 5.54. The fourth-order valence-electron chi connectivity index (χ4n) is 1.21. The van der Waals surface area contributed by atoms with Gasteiger partial charge in [-0.15, -0.1) is 0 Å². The van der Waals surface area contributed by atoms with Crippen molar-refractivity contribution in [2.24, 2.45) is 0 Å². The maximum atomic E-state index is 11.5. The van der Waals surface area contributed by atoms with Crippen molar-refractivity contribution in [3.05, 3.63) is 29.8 Å². The van der Waals surface area contributed by atoms with Gasteiger partial charge in [0.1, 0.15) is 0 Å². The molecule has 0 saturated carbocycles. The molecule has 0 unspecified atom stereocenters. The molecule has 0 aliphatic carbocycles. The summed E-state index contributed by atoms with van der Waals surface area (Å²) in [6.07, 6.45) is 0. The van der Waals surface area contributed by atoms with Crippen LogP contribution in [-0.4, -0.2) is 24.6 Å². The molecule has 0 heterocycles. The highest BCUT2D eigenvalue weighted by Gasteiger charge is 2.08. The summed E-state index contributed by atoms with van der Waals surface area (Å²) in [5, 5.41) is 2.40.